The molecule has 0 fully saturated rings. The Morgan fingerprint density at radius 1 is 1.47 bits per heavy atom. The van der Waals surface area contributed by atoms with Gasteiger partial charge in [-0.25, -0.2) is 0 Å². The van der Waals surface area contributed by atoms with Crippen LogP contribution in [0.1, 0.15) is 36.0 Å². The highest BCUT2D eigenvalue weighted by Crippen LogP contribution is 2.27. The number of hydrogen-bond acceptors (Lipinski definition) is 1. The summed E-state index contributed by atoms with van der Waals surface area (Å²) in [5, 5.41) is 9.42. The molecular weight excluding hydrogens is 212 g/mol. The quantitative estimate of drug-likeness (QED) is 0.856. The zero-order valence-corrected chi connectivity index (χ0v) is 9.93. The maximum atomic E-state index is 10.6. The molecule has 15 heavy (non-hydrogen) atoms. The molecule has 3 heteroatoms. The van der Waals surface area contributed by atoms with Gasteiger partial charge in [-0.2, -0.15) is 0 Å². The lowest BCUT2D eigenvalue weighted by atomic mass is 9.94. The number of carboxylic acids is 1. The van der Waals surface area contributed by atoms with E-state index in [4.69, 9.17) is 16.7 Å². The van der Waals surface area contributed by atoms with Crippen LogP contribution in [-0.4, -0.2) is 11.1 Å². The summed E-state index contributed by atoms with van der Waals surface area (Å²) < 4.78 is 0. The summed E-state index contributed by atoms with van der Waals surface area (Å²) >= 11 is 6.05. The van der Waals surface area contributed by atoms with E-state index in [9.17, 15) is 4.79 Å². The van der Waals surface area contributed by atoms with Gasteiger partial charge >= 0.3 is 5.97 Å². The predicted octanol–water partition coefficient (Wildman–Crippen LogP) is 3.54. The van der Waals surface area contributed by atoms with E-state index in [1.165, 1.54) is 0 Å². The van der Waals surface area contributed by atoms with Gasteiger partial charge in [0.2, 0.25) is 0 Å². The Morgan fingerprint density at radius 2 is 2.07 bits per heavy atom. The van der Waals surface area contributed by atoms with Crippen LogP contribution in [0.15, 0.2) is 12.1 Å². The minimum atomic E-state index is -0.781. The predicted molar refractivity (Wildman–Crippen MR) is 61.6 cm³/mol. The van der Waals surface area contributed by atoms with Gasteiger partial charge < -0.3 is 5.11 Å². The molecule has 1 atom stereocenters. The summed E-state index contributed by atoms with van der Waals surface area (Å²) in [5.74, 6) is -0.781. The first-order valence-electron chi connectivity index (χ1n) is 4.90. The second-order valence-corrected chi connectivity index (χ2v) is 4.35. The smallest absolute Gasteiger partial charge is 0.303 e. The van der Waals surface area contributed by atoms with E-state index in [-0.39, 0.29) is 12.3 Å². The van der Waals surface area contributed by atoms with Crippen LogP contribution >= 0.6 is 11.6 Å². The number of aryl methyl sites for hydroxylation is 1. The number of hydrogen-bond donors (Lipinski definition) is 1. The zero-order valence-electron chi connectivity index (χ0n) is 9.17. The molecule has 0 bridgehead atoms. The van der Waals surface area contributed by atoms with E-state index >= 15 is 0 Å². The Hall–Kier alpha value is -1.02. The van der Waals surface area contributed by atoms with E-state index in [0.29, 0.717) is 5.02 Å². The Labute approximate surface area is 94.9 Å². The molecule has 1 unspecified atom stereocenters. The maximum Gasteiger partial charge on any atom is 0.303 e. The Morgan fingerprint density at radius 3 is 2.53 bits per heavy atom. The number of carboxylic acid groups (broad SMARTS) is 1. The average Bonchev–Trinajstić information content (AvgIpc) is 2.12. The molecule has 0 aromatic heterocycles. The number of benzene rings is 1. The van der Waals surface area contributed by atoms with Crippen LogP contribution in [0, 0.1) is 13.8 Å². The fourth-order valence-corrected chi connectivity index (χ4v) is 1.78. The SMILES string of the molecule is Cc1cc(C(C)CC(=O)O)cc(Cl)c1C. The molecule has 0 amide bonds. The van der Waals surface area contributed by atoms with Gasteiger partial charge in [-0.05, 0) is 42.5 Å². The summed E-state index contributed by atoms with van der Waals surface area (Å²) in [5.41, 5.74) is 3.16. The normalized spacial score (nSPS) is 12.5. The van der Waals surface area contributed by atoms with Crippen molar-refractivity contribution >= 4 is 17.6 Å². The van der Waals surface area contributed by atoms with E-state index in [1.54, 1.807) is 0 Å². The maximum absolute atomic E-state index is 10.6. The molecule has 1 N–H and O–H groups in total. The van der Waals surface area contributed by atoms with Crippen LogP contribution in [0.2, 0.25) is 5.02 Å². The van der Waals surface area contributed by atoms with Gasteiger partial charge in [0.25, 0.3) is 0 Å². The lowest BCUT2D eigenvalue weighted by Crippen LogP contribution is -2.03. The monoisotopic (exact) mass is 226 g/mol. The van der Waals surface area contributed by atoms with E-state index in [0.717, 1.165) is 16.7 Å². The molecule has 82 valence electrons. The number of halogens is 1. The minimum Gasteiger partial charge on any atom is -0.481 e. The summed E-state index contributed by atoms with van der Waals surface area (Å²) in [4.78, 5) is 10.6. The van der Waals surface area contributed by atoms with Crippen molar-refractivity contribution in [1.82, 2.24) is 0 Å². The van der Waals surface area contributed by atoms with Crippen molar-refractivity contribution in [3.05, 3.63) is 33.8 Å². The van der Waals surface area contributed by atoms with Crippen LogP contribution in [0.25, 0.3) is 0 Å². The van der Waals surface area contributed by atoms with Gasteiger partial charge in [-0.15, -0.1) is 0 Å². The van der Waals surface area contributed by atoms with Crippen molar-refractivity contribution < 1.29 is 9.90 Å². The number of aliphatic carboxylic acids is 1. The highest BCUT2D eigenvalue weighted by atomic mass is 35.5. The molecule has 0 heterocycles. The molecule has 0 saturated carbocycles. The first-order valence-corrected chi connectivity index (χ1v) is 5.28. The molecule has 0 aliphatic carbocycles. The average molecular weight is 227 g/mol. The molecule has 1 rings (SSSR count). The van der Waals surface area contributed by atoms with Crippen molar-refractivity contribution in [2.45, 2.75) is 33.1 Å². The molecule has 0 spiro atoms. The summed E-state index contributed by atoms with van der Waals surface area (Å²) in [6.45, 7) is 5.84. The third-order valence-corrected chi connectivity index (χ3v) is 3.07. The second-order valence-electron chi connectivity index (χ2n) is 3.94. The van der Waals surface area contributed by atoms with Gasteiger partial charge in [-0.3, -0.25) is 4.79 Å². The Kier molecular flexibility index (Phi) is 3.75. The first kappa shape index (κ1) is 12.1. The topological polar surface area (TPSA) is 37.3 Å². The summed E-state index contributed by atoms with van der Waals surface area (Å²) in [7, 11) is 0. The molecule has 1 aromatic carbocycles. The van der Waals surface area contributed by atoms with Crippen LogP contribution < -0.4 is 0 Å². The van der Waals surface area contributed by atoms with Gasteiger partial charge in [0.05, 0.1) is 6.42 Å². The third-order valence-electron chi connectivity index (χ3n) is 2.68. The minimum absolute atomic E-state index is 0.000648. The van der Waals surface area contributed by atoms with Crippen molar-refractivity contribution in [2.75, 3.05) is 0 Å². The fraction of sp³-hybridized carbons (Fsp3) is 0.417. The van der Waals surface area contributed by atoms with Gasteiger partial charge in [0.1, 0.15) is 0 Å². The summed E-state index contributed by atoms with van der Waals surface area (Å²) in [6.07, 6.45) is 0.138. The van der Waals surface area contributed by atoms with E-state index in [2.05, 4.69) is 0 Å². The molecule has 0 aliphatic heterocycles. The fourth-order valence-electron chi connectivity index (χ4n) is 1.51. The largest absolute Gasteiger partial charge is 0.481 e. The molecule has 1 aromatic rings. The molecule has 0 saturated heterocycles. The zero-order chi connectivity index (χ0) is 11.6. The second kappa shape index (κ2) is 4.67. The van der Waals surface area contributed by atoms with Crippen LogP contribution in [0.4, 0.5) is 0 Å². The van der Waals surface area contributed by atoms with Crippen molar-refractivity contribution in [1.29, 1.82) is 0 Å². The number of rotatable bonds is 3. The third kappa shape index (κ3) is 2.96. The lowest BCUT2D eigenvalue weighted by Gasteiger charge is -2.12. The van der Waals surface area contributed by atoms with Crippen molar-refractivity contribution in [2.24, 2.45) is 0 Å². The molecule has 0 aliphatic rings. The first-order chi connectivity index (χ1) is 6.91. The van der Waals surface area contributed by atoms with Gasteiger partial charge in [0, 0.05) is 5.02 Å². The summed E-state index contributed by atoms with van der Waals surface area (Å²) in [6, 6.07) is 3.87. The van der Waals surface area contributed by atoms with E-state index in [1.807, 2.05) is 32.9 Å². The standard InChI is InChI=1S/C12H15ClO2/c1-7-4-10(6-11(13)9(7)3)8(2)5-12(14)15/h4,6,8H,5H2,1-3H3,(H,14,15). The Bertz CT molecular complexity index is 362. The van der Waals surface area contributed by atoms with Crippen molar-refractivity contribution in [3.8, 4) is 0 Å². The van der Waals surface area contributed by atoms with Crippen molar-refractivity contribution in [3.63, 3.8) is 0 Å². The Balaban J connectivity index is 3.00. The molecular formula is C12H15ClO2. The van der Waals surface area contributed by atoms with Crippen LogP contribution in [0.5, 0.6) is 0 Å². The highest BCUT2D eigenvalue weighted by Gasteiger charge is 2.12. The molecule has 0 radical (unpaired) electrons. The number of carbonyl (C=O) groups is 1. The molecule has 2 nitrogen and oxygen atoms in total. The van der Waals surface area contributed by atoms with Gasteiger partial charge in [-0.1, -0.05) is 24.6 Å². The van der Waals surface area contributed by atoms with Gasteiger partial charge in [0.15, 0.2) is 0 Å². The lowest BCUT2D eigenvalue weighted by molar-refractivity contribution is -0.137. The van der Waals surface area contributed by atoms with E-state index < -0.39 is 5.97 Å². The van der Waals surface area contributed by atoms with Crippen LogP contribution in [0.3, 0.4) is 0 Å². The highest BCUT2D eigenvalue weighted by molar-refractivity contribution is 6.31. The van der Waals surface area contributed by atoms with Crippen LogP contribution in [-0.2, 0) is 4.79 Å².